The Bertz CT molecular complexity index is 765. The number of nitrogens with one attached hydrogen (secondary N) is 2. The first-order valence-electron chi connectivity index (χ1n) is 8.80. The van der Waals surface area contributed by atoms with Crippen molar-refractivity contribution in [1.29, 1.82) is 5.26 Å². The Balaban J connectivity index is 1.89. The van der Waals surface area contributed by atoms with Gasteiger partial charge >= 0.3 is 6.09 Å². The van der Waals surface area contributed by atoms with Gasteiger partial charge in [0.15, 0.2) is 0 Å². The number of rotatable bonds is 5. The maximum Gasteiger partial charge on any atom is 0.409 e. The molecule has 1 aromatic rings. The van der Waals surface area contributed by atoms with Crippen LogP contribution in [0, 0.1) is 18.3 Å². The van der Waals surface area contributed by atoms with E-state index in [1.807, 2.05) is 13.0 Å². The summed E-state index contributed by atoms with van der Waals surface area (Å²) in [6.45, 7) is 5.13. The van der Waals surface area contributed by atoms with Crippen molar-refractivity contribution < 1.29 is 14.3 Å². The summed E-state index contributed by atoms with van der Waals surface area (Å²) in [5, 5.41) is 15.6. The van der Waals surface area contributed by atoms with Crippen molar-refractivity contribution in [3.8, 4) is 6.07 Å². The molecule has 1 fully saturated rings. The van der Waals surface area contributed by atoms with E-state index >= 15 is 0 Å². The summed E-state index contributed by atoms with van der Waals surface area (Å²) < 4.78 is 4.99. The van der Waals surface area contributed by atoms with E-state index in [1.165, 1.54) is 6.20 Å². The van der Waals surface area contributed by atoms with E-state index in [0.717, 1.165) is 5.56 Å². The van der Waals surface area contributed by atoms with Gasteiger partial charge in [-0.3, -0.25) is 4.79 Å². The Kier molecular flexibility index (Phi) is 7.50. The Morgan fingerprint density at radius 2 is 2.11 bits per heavy atom. The van der Waals surface area contributed by atoms with E-state index in [2.05, 4.69) is 10.6 Å². The summed E-state index contributed by atoms with van der Waals surface area (Å²) in [6, 6.07) is 7.15. The summed E-state index contributed by atoms with van der Waals surface area (Å²) in [6.07, 6.45) is 2.54. The highest BCUT2D eigenvalue weighted by molar-refractivity contribution is 6.31. The normalized spacial score (nSPS) is 15.0. The number of nitrogens with zero attached hydrogens (tertiary/aromatic N) is 2. The molecule has 0 aromatic heterocycles. The zero-order chi connectivity index (χ0) is 19.8. The molecule has 1 heterocycles. The first-order chi connectivity index (χ1) is 12.9. The number of halogens is 1. The number of anilines is 1. The van der Waals surface area contributed by atoms with Gasteiger partial charge in [0, 0.05) is 36.0 Å². The van der Waals surface area contributed by atoms with Crippen LogP contribution in [0.1, 0.15) is 25.3 Å². The Hall–Kier alpha value is -2.72. The van der Waals surface area contributed by atoms with Crippen LogP contribution in [0.25, 0.3) is 0 Å². The smallest absolute Gasteiger partial charge is 0.409 e. The number of ether oxygens (including phenoxy) is 1. The van der Waals surface area contributed by atoms with Gasteiger partial charge in [-0.25, -0.2) is 4.79 Å². The van der Waals surface area contributed by atoms with E-state index in [0.29, 0.717) is 43.2 Å². The first kappa shape index (κ1) is 20.6. The van der Waals surface area contributed by atoms with Crippen molar-refractivity contribution >= 4 is 29.3 Å². The van der Waals surface area contributed by atoms with Crippen LogP contribution < -0.4 is 10.6 Å². The van der Waals surface area contributed by atoms with Gasteiger partial charge in [-0.15, -0.1) is 0 Å². The average Bonchev–Trinajstić information content (AvgIpc) is 2.66. The van der Waals surface area contributed by atoms with E-state index < -0.39 is 5.91 Å². The standard InChI is InChI=1S/C19H23ClN4O3/c1-3-27-19(26)24-8-6-15(7-9-24)22-12-14(11-21)18(25)23-16-5-4-13(2)17(20)10-16/h4-5,10,12,15,22H,3,6-9H2,1-2H3,(H,23,25)/b14-12-. The van der Waals surface area contributed by atoms with Crippen LogP contribution in [-0.2, 0) is 9.53 Å². The molecule has 0 spiro atoms. The molecule has 0 atom stereocenters. The zero-order valence-corrected chi connectivity index (χ0v) is 16.2. The summed E-state index contributed by atoms with van der Waals surface area (Å²) in [5.41, 5.74) is 1.40. The van der Waals surface area contributed by atoms with Crippen molar-refractivity contribution in [3.63, 3.8) is 0 Å². The second-order valence-corrected chi connectivity index (χ2v) is 6.62. The highest BCUT2D eigenvalue weighted by Gasteiger charge is 2.23. The topological polar surface area (TPSA) is 94.5 Å². The fourth-order valence-corrected chi connectivity index (χ4v) is 2.84. The SMILES string of the molecule is CCOC(=O)N1CCC(N/C=C(/C#N)C(=O)Nc2ccc(C)c(Cl)c2)CC1. The highest BCUT2D eigenvalue weighted by Crippen LogP contribution is 2.20. The van der Waals surface area contributed by atoms with Gasteiger partial charge in [0.1, 0.15) is 11.6 Å². The summed E-state index contributed by atoms with van der Waals surface area (Å²) in [5.74, 6) is -0.506. The van der Waals surface area contributed by atoms with Crippen LogP contribution in [0.15, 0.2) is 30.0 Å². The number of amides is 2. The minimum Gasteiger partial charge on any atom is -0.450 e. The quantitative estimate of drug-likeness (QED) is 0.594. The van der Waals surface area contributed by atoms with Gasteiger partial charge < -0.3 is 20.3 Å². The molecule has 1 aliphatic heterocycles. The van der Waals surface area contributed by atoms with Crippen LogP contribution in [0.3, 0.4) is 0 Å². The molecule has 0 unspecified atom stereocenters. The van der Waals surface area contributed by atoms with E-state index in [9.17, 15) is 14.9 Å². The predicted octanol–water partition coefficient (Wildman–Crippen LogP) is 3.20. The Morgan fingerprint density at radius 1 is 1.41 bits per heavy atom. The molecule has 144 valence electrons. The first-order valence-corrected chi connectivity index (χ1v) is 9.18. The second kappa shape index (κ2) is 9.83. The molecule has 0 bridgehead atoms. The third-order valence-electron chi connectivity index (χ3n) is 4.28. The molecule has 1 aromatic carbocycles. The molecule has 0 saturated carbocycles. The zero-order valence-electron chi connectivity index (χ0n) is 15.4. The molecule has 0 radical (unpaired) electrons. The number of carbonyl (C=O) groups excluding carboxylic acids is 2. The van der Waals surface area contributed by atoms with Crippen LogP contribution in [0.5, 0.6) is 0 Å². The van der Waals surface area contributed by atoms with Crippen molar-refractivity contribution in [2.45, 2.75) is 32.7 Å². The largest absolute Gasteiger partial charge is 0.450 e. The Morgan fingerprint density at radius 3 is 2.70 bits per heavy atom. The van der Waals surface area contributed by atoms with Gasteiger partial charge in [0.05, 0.1) is 6.61 Å². The molecule has 2 amide bonds. The lowest BCUT2D eigenvalue weighted by Gasteiger charge is -2.31. The van der Waals surface area contributed by atoms with Crippen molar-refractivity contribution in [1.82, 2.24) is 10.2 Å². The number of hydrogen-bond acceptors (Lipinski definition) is 5. The van der Waals surface area contributed by atoms with Crippen LogP contribution in [0.4, 0.5) is 10.5 Å². The van der Waals surface area contributed by atoms with Crippen molar-refractivity contribution in [2.75, 3.05) is 25.0 Å². The lowest BCUT2D eigenvalue weighted by molar-refractivity contribution is -0.112. The van der Waals surface area contributed by atoms with E-state index in [4.69, 9.17) is 16.3 Å². The molecular weight excluding hydrogens is 368 g/mol. The third-order valence-corrected chi connectivity index (χ3v) is 4.69. The number of nitriles is 1. The molecule has 7 nitrogen and oxygen atoms in total. The molecule has 1 aliphatic rings. The predicted molar refractivity (Wildman–Crippen MR) is 103 cm³/mol. The van der Waals surface area contributed by atoms with Crippen LogP contribution in [0.2, 0.25) is 5.02 Å². The summed E-state index contributed by atoms with van der Waals surface area (Å²) in [7, 11) is 0. The number of benzene rings is 1. The fourth-order valence-electron chi connectivity index (χ4n) is 2.66. The molecule has 1 saturated heterocycles. The number of piperidine rings is 1. The summed E-state index contributed by atoms with van der Waals surface area (Å²) in [4.78, 5) is 25.6. The lowest BCUT2D eigenvalue weighted by Crippen LogP contribution is -2.44. The maximum atomic E-state index is 12.3. The Labute approximate surface area is 163 Å². The maximum absolute atomic E-state index is 12.3. The molecule has 27 heavy (non-hydrogen) atoms. The minimum absolute atomic E-state index is 0.0282. The fraction of sp³-hybridized carbons (Fsp3) is 0.421. The molecule has 2 rings (SSSR count). The van der Waals surface area contributed by atoms with Crippen LogP contribution >= 0.6 is 11.6 Å². The monoisotopic (exact) mass is 390 g/mol. The number of carbonyl (C=O) groups is 2. The van der Waals surface area contributed by atoms with Gasteiger partial charge in [0.25, 0.3) is 5.91 Å². The van der Waals surface area contributed by atoms with Gasteiger partial charge in [-0.2, -0.15) is 5.26 Å². The highest BCUT2D eigenvalue weighted by atomic mass is 35.5. The van der Waals surface area contributed by atoms with Crippen molar-refractivity contribution in [2.24, 2.45) is 0 Å². The van der Waals surface area contributed by atoms with Gasteiger partial charge in [-0.05, 0) is 44.4 Å². The summed E-state index contributed by atoms with van der Waals surface area (Å²) >= 11 is 6.05. The second-order valence-electron chi connectivity index (χ2n) is 6.21. The molecular formula is C19H23ClN4O3. The molecule has 2 N–H and O–H groups in total. The van der Waals surface area contributed by atoms with Gasteiger partial charge in [-0.1, -0.05) is 17.7 Å². The minimum atomic E-state index is -0.506. The molecule has 8 heteroatoms. The number of likely N-dealkylation sites (tertiary alicyclic amines) is 1. The van der Waals surface area contributed by atoms with E-state index in [1.54, 1.807) is 30.0 Å². The average molecular weight is 391 g/mol. The lowest BCUT2D eigenvalue weighted by atomic mass is 10.1. The van der Waals surface area contributed by atoms with Crippen LogP contribution in [-0.4, -0.2) is 42.6 Å². The van der Waals surface area contributed by atoms with Gasteiger partial charge in [0.2, 0.25) is 0 Å². The van der Waals surface area contributed by atoms with E-state index in [-0.39, 0.29) is 17.7 Å². The third kappa shape index (κ3) is 5.90. The van der Waals surface area contributed by atoms with Crippen molar-refractivity contribution in [3.05, 3.63) is 40.6 Å². The molecule has 0 aliphatic carbocycles. The number of aryl methyl sites for hydroxylation is 1. The number of hydrogen-bond donors (Lipinski definition) is 2.